The Kier molecular flexibility index (Phi) is 2.97. The van der Waals surface area contributed by atoms with E-state index in [4.69, 9.17) is 4.63 Å². The molecule has 3 heterocycles. The Morgan fingerprint density at radius 1 is 1.22 bits per heavy atom. The van der Waals surface area contributed by atoms with Crippen molar-refractivity contribution in [3.05, 3.63) is 41.4 Å². The molecule has 1 aliphatic heterocycles. The zero-order chi connectivity index (χ0) is 16.0. The largest absolute Gasteiger partial charge is 0.351 e. The number of hydrogen-bond donors (Lipinski definition) is 2. The maximum atomic E-state index is 12.8. The summed E-state index contributed by atoms with van der Waals surface area (Å²) in [5.74, 6) is 1.11. The molecular weight excluding hydrogens is 294 g/mol. The Bertz CT molecular complexity index is 794. The van der Waals surface area contributed by atoms with Gasteiger partial charge in [-0.15, -0.1) is 0 Å². The molecule has 118 valence electrons. The molecule has 0 aromatic carbocycles. The normalized spacial score (nSPS) is 22.5. The molecule has 1 atom stereocenters. The fraction of sp³-hybridized carbons (Fsp3) is 0.375. The van der Waals surface area contributed by atoms with Gasteiger partial charge in [0.1, 0.15) is 6.04 Å². The van der Waals surface area contributed by atoms with Crippen LogP contribution in [0.5, 0.6) is 0 Å². The lowest BCUT2D eigenvalue weighted by Gasteiger charge is -2.33. The number of fused-ring (bicyclic) bond motifs is 1. The Hall–Kier alpha value is -2.70. The van der Waals surface area contributed by atoms with Crippen LogP contribution in [-0.2, 0) is 4.79 Å². The van der Waals surface area contributed by atoms with Gasteiger partial charge in [-0.2, -0.15) is 0 Å². The zero-order valence-electron chi connectivity index (χ0n) is 13.0. The summed E-state index contributed by atoms with van der Waals surface area (Å²) in [7, 11) is 0. The fourth-order valence-corrected chi connectivity index (χ4v) is 3.27. The fourth-order valence-electron chi connectivity index (χ4n) is 3.27. The van der Waals surface area contributed by atoms with Crippen molar-refractivity contribution in [2.75, 3.05) is 10.6 Å². The van der Waals surface area contributed by atoms with E-state index in [1.807, 2.05) is 18.2 Å². The number of Topliss-reactive ketones (excluding diaryl/α,β-unsaturated/α-hetero) is 1. The number of carbonyl (C=O) groups excluding carboxylic acids is 1. The highest BCUT2D eigenvalue weighted by Gasteiger charge is 2.40. The highest BCUT2D eigenvalue weighted by Crippen LogP contribution is 2.44. The number of aromatic nitrogens is 3. The van der Waals surface area contributed by atoms with E-state index >= 15 is 0 Å². The van der Waals surface area contributed by atoms with Gasteiger partial charge in [0.05, 0.1) is 5.69 Å². The van der Waals surface area contributed by atoms with E-state index in [1.54, 1.807) is 6.20 Å². The highest BCUT2D eigenvalue weighted by molar-refractivity contribution is 6.00. The smallest absolute Gasteiger partial charge is 0.219 e. The molecule has 0 spiro atoms. The Balaban J connectivity index is 1.88. The van der Waals surface area contributed by atoms with Crippen LogP contribution < -0.4 is 10.6 Å². The van der Waals surface area contributed by atoms with Crippen molar-refractivity contribution < 1.29 is 9.42 Å². The molecule has 0 amide bonds. The summed E-state index contributed by atoms with van der Waals surface area (Å²) in [5, 5.41) is 14.2. The number of nitrogens with zero attached hydrogens (tertiary/aromatic N) is 3. The minimum Gasteiger partial charge on any atom is -0.351 e. The molecule has 0 saturated heterocycles. The Morgan fingerprint density at radius 3 is 2.83 bits per heavy atom. The van der Waals surface area contributed by atoms with Gasteiger partial charge in [0.2, 0.25) is 11.6 Å². The molecule has 7 nitrogen and oxygen atoms in total. The molecule has 4 rings (SSSR count). The highest BCUT2D eigenvalue weighted by atomic mass is 16.6. The molecule has 0 bridgehead atoms. The lowest BCUT2D eigenvalue weighted by atomic mass is 9.74. The summed E-state index contributed by atoms with van der Waals surface area (Å²) in [5.41, 5.74) is 2.25. The lowest BCUT2D eigenvalue weighted by Crippen LogP contribution is -2.31. The molecule has 1 aliphatic carbocycles. The van der Waals surface area contributed by atoms with Crippen LogP contribution >= 0.6 is 0 Å². The number of anilines is 2. The topological polar surface area (TPSA) is 92.9 Å². The van der Waals surface area contributed by atoms with Crippen LogP contribution in [0.25, 0.3) is 0 Å². The number of allylic oxidation sites excluding steroid dienone is 1. The van der Waals surface area contributed by atoms with Crippen molar-refractivity contribution in [2.24, 2.45) is 5.41 Å². The van der Waals surface area contributed by atoms with Crippen molar-refractivity contribution in [3.8, 4) is 0 Å². The Labute approximate surface area is 133 Å². The van der Waals surface area contributed by atoms with E-state index in [0.717, 1.165) is 17.8 Å². The third kappa shape index (κ3) is 2.38. The van der Waals surface area contributed by atoms with Crippen molar-refractivity contribution >= 4 is 17.4 Å². The van der Waals surface area contributed by atoms with Crippen LogP contribution in [0.2, 0.25) is 0 Å². The van der Waals surface area contributed by atoms with Crippen molar-refractivity contribution in [3.63, 3.8) is 0 Å². The average Bonchev–Trinajstić information content (AvgIpc) is 2.86. The van der Waals surface area contributed by atoms with E-state index in [0.29, 0.717) is 23.6 Å². The van der Waals surface area contributed by atoms with Gasteiger partial charge in [0.25, 0.3) is 0 Å². The van der Waals surface area contributed by atoms with Crippen molar-refractivity contribution in [1.82, 2.24) is 15.3 Å². The summed E-state index contributed by atoms with van der Waals surface area (Å²) in [6.07, 6.45) is 2.98. The number of pyridine rings is 1. The van der Waals surface area contributed by atoms with Gasteiger partial charge in [0.15, 0.2) is 5.78 Å². The standard InChI is InChI=1S/C16H17N5O2/c1-16(2)7-10-12(11(22)8-16)13(9-5-3-4-6-17-9)19-15-14(18-10)20-23-21-15/h3-6,13H,7-8H2,1-2H3,(H,18,20)(H,19,21)/t13-/m1/s1. The van der Waals surface area contributed by atoms with E-state index < -0.39 is 0 Å². The molecule has 23 heavy (non-hydrogen) atoms. The third-order valence-electron chi connectivity index (χ3n) is 4.23. The first-order chi connectivity index (χ1) is 11.0. The summed E-state index contributed by atoms with van der Waals surface area (Å²) in [6.45, 7) is 4.18. The second kappa shape index (κ2) is 4.91. The Morgan fingerprint density at radius 2 is 2.04 bits per heavy atom. The second-order valence-electron chi connectivity index (χ2n) is 6.75. The van der Waals surface area contributed by atoms with E-state index in [-0.39, 0.29) is 17.2 Å². The van der Waals surface area contributed by atoms with Gasteiger partial charge in [-0.25, -0.2) is 4.63 Å². The molecule has 7 heteroatoms. The molecule has 0 unspecified atom stereocenters. The quantitative estimate of drug-likeness (QED) is 0.836. The molecular formula is C16H17N5O2. The zero-order valence-corrected chi connectivity index (χ0v) is 13.0. The molecule has 2 aromatic rings. The van der Waals surface area contributed by atoms with Gasteiger partial charge in [-0.3, -0.25) is 9.78 Å². The maximum absolute atomic E-state index is 12.8. The summed E-state index contributed by atoms with van der Waals surface area (Å²) in [6, 6.07) is 5.29. The summed E-state index contributed by atoms with van der Waals surface area (Å²) >= 11 is 0. The predicted molar refractivity (Wildman–Crippen MR) is 83.6 cm³/mol. The molecule has 0 radical (unpaired) electrons. The lowest BCUT2D eigenvalue weighted by molar-refractivity contribution is -0.118. The van der Waals surface area contributed by atoms with Gasteiger partial charge in [-0.05, 0) is 34.3 Å². The van der Waals surface area contributed by atoms with Gasteiger partial charge in [-0.1, -0.05) is 19.9 Å². The minimum absolute atomic E-state index is 0.0980. The van der Waals surface area contributed by atoms with Gasteiger partial charge >= 0.3 is 0 Å². The predicted octanol–water partition coefficient (Wildman–Crippen LogP) is 2.69. The molecule has 2 N–H and O–H groups in total. The first-order valence-electron chi connectivity index (χ1n) is 7.57. The van der Waals surface area contributed by atoms with Crippen LogP contribution in [0.1, 0.15) is 38.4 Å². The monoisotopic (exact) mass is 311 g/mol. The molecule has 2 aromatic heterocycles. The van der Waals surface area contributed by atoms with E-state index in [2.05, 4.69) is 39.8 Å². The number of hydrogen-bond acceptors (Lipinski definition) is 7. The number of nitrogens with one attached hydrogen (secondary N) is 2. The second-order valence-corrected chi connectivity index (χ2v) is 6.75. The van der Waals surface area contributed by atoms with Crippen LogP contribution in [0.15, 0.2) is 40.3 Å². The number of ketones is 1. The first kappa shape index (κ1) is 13.9. The summed E-state index contributed by atoms with van der Waals surface area (Å²) in [4.78, 5) is 17.2. The minimum atomic E-state index is -0.365. The first-order valence-corrected chi connectivity index (χ1v) is 7.57. The summed E-state index contributed by atoms with van der Waals surface area (Å²) < 4.78 is 4.81. The SMILES string of the molecule is CC1(C)CC(=O)C2=C(C1)Nc1nonc1N[C@@H]2c1ccccn1. The van der Waals surface area contributed by atoms with Gasteiger partial charge in [0, 0.05) is 23.9 Å². The van der Waals surface area contributed by atoms with Crippen LogP contribution in [-0.4, -0.2) is 21.1 Å². The number of carbonyl (C=O) groups is 1. The maximum Gasteiger partial charge on any atom is 0.219 e. The van der Waals surface area contributed by atoms with Crippen LogP contribution in [0.3, 0.4) is 0 Å². The van der Waals surface area contributed by atoms with Crippen LogP contribution in [0.4, 0.5) is 11.6 Å². The van der Waals surface area contributed by atoms with Gasteiger partial charge < -0.3 is 10.6 Å². The third-order valence-corrected chi connectivity index (χ3v) is 4.23. The van der Waals surface area contributed by atoms with Crippen molar-refractivity contribution in [1.29, 1.82) is 0 Å². The van der Waals surface area contributed by atoms with E-state index in [1.165, 1.54) is 0 Å². The molecule has 2 aliphatic rings. The number of rotatable bonds is 1. The molecule has 0 fully saturated rings. The average molecular weight is 311 g/mol. The van der Waals surface area contributed by atoms with Crippen molar-refractivity contribution in [2.45, 2.75) is 32.7 Å². The van der Waals surface area contributed by atoms with E-state index in [9.17, 15) is 4.79 Å². The molecule has 0 saturated carbocycles. The van der Waals surface area contributed by atoms with Crippen LogP contribution in [0, 0.1) is 5.41 Å².